The maximum absolute atomic E-state index is 12.7. The zero-order valence-electron chi connectivity index (χ0n) is 14.0. The molecule has 0 spiro atoms. The van der Waals surface area contributed by atoms with Crippen molar-refractivity contribution in [2.45, 2.75) is 26.8 Å². The summed E-state index contributed by atoms with van der Waals surface area (Å²) >= 11 is 5.95. The number of aryl methyl sites for hydroxylation is 1. The maximum atomic E-state index is 12.7. The molecule has 4 heteroatoms. The van der Waals surface area contributed by atoms with E-state index in [0.29, 0.717) is 10.6 Å². The van der Waals surface area contributed by atoms with E-state index >= 15 is 0 Å². The number of benzene rings is 2. The lowest BCUT2D eigenvalue weighted by Crippen LogP contribution is -2.33. The molecule has 2 aromatic rings. The Bertz CT molecular complexity index is 822. The molecular weight excluding hydrogens is 322 g/mol. The third-order valence-electron chi connectivity index (χ3n) is 4.39. The molecule has 1 N–H and O–H groups in total. The SMILES string of the molecule is Cc1ccc(-c2ccc(Cl)cc2)cc1C1=C(O)CN(C(C)C)C1=O. The van der Waals surface area contributed by atoms with E-state index in [-0.39, 0.29) is 24.3 Å². The van der Waals surface area contributed by atoms with Crippen LogP contribution in [0.25, 0.3) is 16.7 Å². The molecule has 3 rings (SSSR count). The van der Waals surface area contributed by atoms with Gasteiger partial charge in [0.25, 0.3) is 5.91 Å². The van der Waals surface area contributed by atoms with Gasteiger partial charge in [-0.1, -0.05) is 35.9 Å². The zero-order valence-corrected chi connectivity index (χ0v) is 14.8. The van der Waals surface area contributed by atoms with Crippen molar-refractivity contribution in [3.63, 3.8) is 0 Å². The third kappa shape index (κ3) is 2.92. The van der Waals surface area contributed by atoms with Gasteiger partial charge in [0.15, 0.2) is 0 Å². The van der Waals surface area contributed by atoms with E-state index in [9.17, 15) is 9.90 Å². The van der Waals surface area contributed by atoms with Gasteiger partial charge in [0, 0.05) is 11.1 Å². The fourth-order valence-corrected chi connectivity index (χ4v) is 3.11. The molecule has 0 atom stereocenters. The first-order valence-corrected chi connectivity index (χ1v) is 8.36. The second-order valence-electron chi connectivity index (χ2n) is 6.39. The molecule has 1 aliphatic heterocycles. The Labute approximate surface area is 147 Å². The third-order valence-corrected chi connectivity index (χ3v) is 4.64. The van der Waals surface area contributed by atoms with E-state index in [1.54, 1.807) is 4.90 Å². The summed E-state index contributed by atoms with van der Waals surface area (Å²) in [4.78, 5) is 14.4. The Balaban J connectivity index is 2.06. The van der Waals surface area contributed by atoms with Crippen molar-refractivity contribution >= 4 is 23.1 Å². The first-order chi connectivity index (χ1) is 11.4. The van der Waals surface area contributed by atoms with Gasteiger partial charge in [-0.15, -0.1) is 0 Å². The summed E-state index contributed by atoms with van der Waals surface area (Å²) in [6, 6.07) is 13.6. The predicted molar refractivity (Wildman–Crippen MR) is 98.0 cm³/mol. The van der Waals surface area contributed by atoms with Crippen LogP contribution >= 0.6 is 11.6 Å². The first kappa shape index (κ1) is 16.6. The van der Waals surface area contributed by atoms with Gasteiger partial charge in [0.2, 0.25) is 0 Å². The number of halogens is 1. The largest absolute Gasteiger partial charge is 0.510 e. The molecule has 0 unspecified atom stereocenters. The predicted octanol–water partition coefficient (Wildman–Crippen LogP) is 4.84. The van der Waals surface area contributed by atoms with Crippen LogP contribution in [0.4, 0.5) is 0 Å². The quantitative estimate of drug-likeness (QED) is 0.868. The van der Waals surface area contributed by atoms with Crippen molar-refractivity contribution in [1.29, 1.82) is 0 Å². The smallest absolute Gasteiger partial charge is 0.258 e. The van der Waals surface area contributed by atoms with Gasteiger partial charge in [-0.25, -0.2) is 0 Å². The number of hydrogen-bond acceptors (Lipinski definition) is 2. The van der Waals surface area contributed by atoms with E-state index in [2.05, 4.69) is 0 Å². The minimum Gasteiger partial charge on any atom is -0.510 e. The molecule has 0 radical (unpaired) electrons. The molecule has 1 aliphatic rings. The lowest BCUT2D eigenvalue weighted by atomic mass is 9.95. The number of rotatable bonds is 3. The van der Waals surface area contributed by atoms with Crippen molar-refractivity contribution in [1.82, 2.24) is 4.90 Å². The van der Waals surface area contributed by atoms with Gasteiger partial charge in [-0.2, -0.15) is 0 Å². The molecule has 0 fully saturated rings. The summed E-state index contributed by atoms with van der Waals surface area (Å²) in [6.07, 6.45) is 0. The van der Waals surface area contributed by atoms with Crippen molar-refractivity contribution in [3.8, 4) is 11.1 Å². The van der Waals surface area contributed by atoms with E-state index in [0.717, 1.165) is 22.3 Å². The molecule has 124 valence electrons. The number of nitrogens with zero attached hydrogens (tertiary/aromatic N) is 1. The summed E-state index contributed by atoms with van der Waals surface area (Å²) in [5.41, 5.74) is 4.17. The van der Waals surface area contributed by atoms with Gasteiger partial charge < -0.3 is 10.0 Å². The normalized spacial score (nSPS) is 14.9. The fourth-order valence-electron chi connectivity index (χ4n) is 2.98. The number of aliphatic hydroxyl groups excluding tert-OH is 1. The average molecular weight is 342 g/mol. The summed E-state index contributed by atoms with van der Waals surface area (Å²) in [5, 5.41) is 11.0. The van der Waals surface area contributed by atoms with Crippen LogP contribution in [-0.2, 0) is 4.79 Å². The Kier molecular flexibility index (Phi) is 4.37. The first-order valence-electron chi connectivity index (χ1n) is 7.98. The van der Waals surface area contributed by atoms with E-state index < -0.39 is 0 Å². The monoisotopic (exact) mass is 341 g/mol. The number of aliphatic hydroxyl groups is 1. The highest BCUT2D eigenvalue weighted by atomic mass is 35.5. The zero-order chi connectivity index (χ0) is 17.4. The van der Waals surface area contributed by atoms with E-state index in [1.807, 2.05) is 63.2 Å². The highest BCUT2D eigenvalue weighted by molar-refractivity contribution is 6.30. The molecule has 24 heavy (non-hydrogen) atoms. The lowest BCUT2D eigenvalue weighted by Gasteiger charge is -2.20. The summed E-state index contributed by atoms with van der Waals surface area (Å²) < 4.78 is 0. The molecule has 0 aromatic heterocycles. The number of carbonyl (C=O) groups is 1. The van der Waals surface area contributed by atoms with Crippen LogP contribution in [0.1, 0.15) is 25.0 Å². The molecular formula is C20H20ClNO2. The number of hydrogen-bond donors (Lipinski definition) is 1. The van der Waals surface area contributed by atoms with Crippen molar-refractivity contribution in [2.24, 2.45) is 0 Å². The molecule has 2 aromatic carbocycles. The summed E-state index contributed by atoms with van der Waals surface area (Å²) in [7, 11) is 0. The summed E-state index contributed by atoms with van der Waals surface area (Å²) in [5.74, 6) is 0.0314. The number of carbonyl (C=O) groups excluding carboxylic acids is 1. The van der Waals surface area contributed by atoms with Gasteiger partial charge in [-0.3, -0.25) is 4.79 Å². The Morgan fingerprint density at radius 3 is 2.29 bits per heavy atom. The Morgan fingerprint density at radius 2 is 1.71 bits per heavy atom. The minimum atomic E-state index is -0.112. The molecule has 0 saturated heterocycles. The maximum Gasteiger partial charge on any atom is 0.258 e. The highest BCUT2D eigenvalue weighted by Gasteiger charge is 2.33. The van der Waals surface area contributed by atoms with Gasteiger partial charge in [-0.05, 0) is 61.2 Å². The van der Waals surface area contributed by atoms with Crippen LogP contribution in [0.5, 0.6) is 0 Å². The molecule has 0 saturated carbocycles. The molecule has 1 heterocycles. The van der Waals surface area contributed by atoms with Crippen LogP contribution in [-0.4, -0.2) is 28.5 Å². The van der Waals surface area contributed by atoms with Gasteiger partial charge in [0.05, 0.1) is 12.1 Å². The van der Waals surface area contributed by atoms with Gasteiger partial charge in [0.1, 0.15) is 5.76 Å². The van der Waals surface area contributed by atoms with Crippen molar-refractivity contribution in [2.75, 3.05) is 6.54 Å². The van der Waals surface area contributed by atoms with Crippen LogP contribution in [0.2, 0.25) is 5.02 Å². The second-order valence-corrected chi connectivity index (χ2v) is 6.82. The molecule has 3 nitrogen and oxygen atoms in total. The lowest BCUT2D eigenvalue weighted by molar-refractivity contribution is -0.125. The highest BCUT2D eigenvalue weighted by Crippen LogP contribution is 2.33. The molecule has 1 amide bonds. The number of amides is 1. The van der Waals surface area contributed by atoms with Gasteiger partial charge >= 0.3 is 0 Å². The standard InChI is InChI=1S/C20H20ClNO2/c1-12(2)22-11-18(23)19(20(22)24)17-10-15(5-4-13(17)3)14-6-8-16(21)9-7-14/h4-10,12,23H,11H2,1-3H3. The Morgan fingerprint density at radius 1 is 1.08 bits per heavy atom. The van der Waals surface area contributed by atoms with Crippen molar-refractivity contribution in [3.05, 3.63) is 64.4 Å². The fraction of sp³-hybridized carbons (Fsp3) is 0.250. The van der Waals surface area contributed by atoms with E-state index in [1.165, 1.54) is 0 Å². The van der Waals surface area contributed by atoms with Crippen molar-refractivity contribution < 1.29 is 9.90 Å². The van der Waals surface area contributed by atoms with Crippen LogP contribution in [0.3, 0.4) is 0 Å². The topological polar surface area (TPSA) is 40.5 Å². The van der Waals surface area contributed by atoms with Crippen LogP contribution < -0.4 is 0 Å². The van der Waals surface area contributed by atoms with Crippen LogP contribution in [0, 0.1) is 6.92 Å². The van der Waals surface area contributed by atoms with E-state index in [4.69, 9.17) is 11.6 Å². The molecule has 0 bridgehead atoms. The Hall–Kier alpha value is -2.26. The summed E-state index contributed by atoms with van der Waals surface area (Å²) in [6.45, 7) is 6.12. The minimum absolute atomic E-state index is 0.0527. The van der Waals surface area contributed by atoms with Crippen LogP contribution in [0.15, 0.2) is 48.2 Å². The molecule has 0 aliphatic carbocycles. The average Bonchev–Trinajstić information content (AvgIpc) is 2.84. The second kappa shape index (κ2) is 6.33.